The van der Waals surface area contributed by atoms with E-state index in [4.69, 9.17) is 10.5 Å². The lowest BCUT2D eigenvalue weighted by molar-refractivity contribution is 0.0942. The molecule has 0 atom stereocenters. The average molecular weight is 235 g/mol. The van der Waals surface area contributed by atoms with Gasteiger partial charge in [0.2, 0.25) is 5.95 Å². The van der Waals surface area contributed by atoms with Gasteiger partial charge in [-0.15, -0.1) is 5.10 Å². The van der Waals surface area contributed by atoms with Crippen molar-refractivity contribution < 1.29 is 13.9 Å². The van der Waals surface area contributed by atoms with Crippen LogP contribution < -0.4 is 10.5 Å². The highest BCUT2D eigenvalue weighted by Gasteiger charge is 2.17. The number of nitrogen functional groups attached to an aromatic ring is 1. The maximum Gasteiger partial charge on any atom is 0.283 e. The largest absolute Gasteiger partial charge is 0.496 e. The number of methoxy groups -OCH3 is 1. The van der Waals surface area contributed by atoms with Crippen molar-refractivity contribution in [3.63, 3.8) is 0 Å². The molecule has 0 saturated heterocycles. The van der Waals surface area contributed by atoms with Gasteiger partial charge in [0.25, 0.3) is 5.91 Å². The number of rotatable bonds is 2. The number of carbonyl (C=O) groups excluding carboxylic acids is 1. The van der Waals surface area contributed by atoms with Crippen LogP contribution in [0.5, 0.6) is 5.75 Å². The highest BCUT2D eigenvalue weighted by molar-refractivity contribution is 5.99. The Kier molecular flexibility index (Phi) is 2.78. The van der Waals surface area contributed by atoms with Gasteiger partial charge in [-0.1, -0.05) is 12.1 Å². The summed E-state index contributed by atoms with van der Waals surface area (Å²) in [5.41, 5.74) is 5.74. The Morgan fingerprint density at radius 1 is 1.47 bits per heavy atom. The summed E-state index contributed by atoms with van der Waals surface area (Å²) in [5.74, 6) is -1.01. The predicted molar refractivity (Wildman–Crippen MR) is 59.3 cm³/mol. The van der Waals surface area contributed by atoms with Crippen molar-refractivity contribution in [2.24, 2.45) is 0 Å². The molecule has 0 aliphatic carbocycles. The summed E-state index contributed by atoms with van der Waals surface area (Å²) >= 11 is 0. The van der Waals surface area contributed by atoms with E-state index in [-0.39, 0.29) is 11.4 Å². The average Bonchev–Trinajstić information content (AvgIpc) is 2.67. The minimum absolute atomic E-state index is 0.0570. The summed E-state index contributed by atoms with van der Waals surface area (Å²) in [6, 6.07) is 7.56. The molecule has 0 radical (unpaired) electrons. The summed E-state index contributed by atoms with van der Waals surface area (Å²) < 4.78 is 18.7. The SMILES string of the molecule is COc1ccccc1C(=O)n1nc(F)cc1N. The molecule has 2 N–H and O–H groups in total. The van der Waals surface area contributed by atoms with Crippen molar-refractivity contribution >= 4 is 11.7 Å². The lowest BCUT2D eigenvalue weighted by Crippen LogP contribution is -2.17. The fourth-order valence-corrected chi connectivity index (χ4v) is 1.46. The van der Waals surface area contributed by atoms with Crippen molar-refractivity contribution in [1.29, 1.82) is 0 Å². The van der Waals surface area contributed by atoms with Gasteiger partial charge in [-0.25, -0.2) is 0 Å². The molecular weight excluding hydrogens is 225 g/mol. The van der Waals surface area contributed by atoms with Gasteiger partial charge in [0.15, 0.2) is 0 Å². The Morgan fingerprint density at radius 2 is 2.18 bits per heavy atom. The summed E-state index contributed by atoms with van der Waals surface area (Å²) in [4.78, 5) is 12.0. The van der Waals surface area contributed by atoms with Crippen LogP contribution in [0.1, 0.15) is 10.4 Å². The summed E-state index contributed by atoms with van der Waals surface area (Å²) in [5, 5.41) is 3.38. The Morgan fingerprint density at radius 3 is 2.76 bits per heavy atom. The van der Waals surface area contributed by atoms with E-state index in [0.717, 1.165) is 10.7 Å². The lowest BCUT2D eigenvalue weighted by Gasteiger charge is -2.07. The molecule has 0 unspecified atom stereocenters. The van der Waals surface area contributed by atoms with Crippen molar-refractivity contribution in [1.82, 2.24) is 9.78 Å². The zero-order valence-electron chi connectivity index (χ0n) is 9.05. The van der Waals surface area contributed by atoms with E-state index < -0.39 is 11.9 Å². The van der Waals surface area contributed by atoms with Crippen molar-refractivity contribution in [2.45, 2.75) is 0 Å². The number of nitrogens with zero attached hydrogens (tertiary/aromatic N) is 2. The number of aromatic nitrogens is 2. The zero-order chi connectivity index (χ0) is 12.4. The van der Waals surface area contributed by atoms with Crippen LogP contribution in [-0.4, -0.2) is 22.8 Å². The van der Waals surface area contributed by atoms with Crippen LogP contribution in [-0.2, 0) is 0 Å². The van der Waals surface area contributed by atoms with Crippen LogP contribution in [0, 0.1) is 5.95 Å². The van der Waals surface area contributed by atoms with Crippen molar-refractivity contribution in [3.8, 4) is 5.75 Å². The normalized spacial score (nSPS) is 10.2. The molecule has 1 aromatic heterocycles. The number of para-hydroxylation sites is 1. The van der Waals surface area contributed by atoms with E-state index in [1.54, 1.807) is 24.3 Å². The molecule has 1 aromatic carbocycles. The molecule has 0 spiro atoms. The second-order valence-electron chi connectivity index (χ2n) is 3.31. The maximum atomic E-state index is 12.9. The third-order valence-corrected chi connectivity index (χ3v) is 2.24. The first kappa shape index (κ1) is 11.1. The molecule has 0 fully saturated rings. The maximum absolute atomic E-state index is 12.9. The smallest absolute Gasteiger partial charge is 0.283 e. The second-order valence-corrected chi connectivity index (χ2v) is 3.31. The van der Waals surface area contributed by atoms with Gasteiger partial charge in [0.1, 0.15) is 11.6 Å². The molecule has 5 nitrogen and oxygen atoms in total. The van der Waals surface area contributed by atoms with Crippen LogP contribution in [0.4, 0.5) is 10.2 Å². The first-order valence-corrected chi connectivity index (χ1v) is 4.82. The van der Waals surface area contributed by atoms with Crippen LogP contribution in [0.2, 0.25) is 0 Å². The first-order valence-electron chi connectivity index (χ1n) is 4.82. The molecule has 0 bridgehead atoms. The number of halogens is 1. The minimum Gasteiger partial charge on any atom is -0.496 e. The third kappa shape index (κ3) is 1.96. The van der Waals surface area contributed by atoms with Gasteiger partial charge in [-0.2, -0.15) is 9.07 Å². The third-order valence-electron chi connectivity index (χ3n) is 2.24. The lowest BCUT2D eigenvalue weighted by atomic mass is 10.2. The number of benzene rings is 1. The van der Waals surface area contributed by atoms with Gasteiger partial charge in [0, 0.05) is 6.07 Å². The standard InChI is InChI=1S/C11H10FN3O2/c1-17-8-5-3-2-4-7(8)11(16)15-10(13)6-9(12)14-15/h2-6H,13H2,1H3. The topological polar surface area (TPSA) is 70.1 Å². The monoisotopic (exact) mass is 235 g/mol. The van der Waals surface area contributed by atoms with Gasteiger partial charge in [-0.05, 0) is 12.1 Å². The van der Waals surface area contributed by atoms with E-state index >= 15 is 0 Å². The number of anilines is 1. The molecule has 88 valence electrons. The minimum atomic E-state index is -0.800. The van der Waals surface area contributed by atoms with Crippen molar-refractivity contribution in [2.75, 3.05) is 12.8 Å². The van der Waals surface area contributed by atoms with Gasteiger partial charge in [-0.3, -0.25) is 4.79 Å². The fraction of sp³-hybridized carbons (Fsp3) is 0.0909. The van der Waals surface area contributed by atoms with E-state index in [1.165, 1.54) is 7.11 Å². The number of hydrogen-bond acceptors (Lipinski definition) is 4. The summed E-state index contributed by atoms with van der Waals surface area (Å²) in [6.45, 7) is 0. The molecule has 17 heavy (non-hydrogen) atoms. The summed E-state index contributed by atoms with van der Waals surface area (Å²) in [7, 11) is 1.44. The first-order chi connectivity index (χ1) is 8.13. The number of carbonyl (C=O) groups is 1. The molecule has 2 aromatic rings. The number of ether oxygens (including phenoxy) is 1. The van der Waals surface area contributed by atoms with E-state index in [2.05, 4.69) is 5.10 Å². The second kappa shape index (κ2) is 4.25. The van der Waals surface area contributed by atoms with Crippen LogP contribution >= 0.6 is 0 Å². The van der Waals surface area contributed by atoms with Gasteiger partial charge in [0.05, 0.1) is 12.7 Å². The highest BCUT2D eigenvalue weighted by Crippen LogP contribution is 2.19. The molecule has 0 amide bonds. The molecule has 0 aliphatic heterocycles. The molecular formula is C11H10FN3O2. The van der Waals surface area contributed by atoms with Crippen LogP contribution in [0.15, 0.2) is 30.3 Å². The molecule has 0 saturated carbocycles. The van der Waals surface area contributed by atoms with E-state index in [9.17, 15) is 9.18 Å². The molecule has 1 heterocycles. The van der Waals surface area contributed by atoms with Crippen LogP contribution in [0.25, 0.3) is 0 Å². The Bertz CT molecular complexity index is 566. The van der Waals surface area contributed by atoms with E-state index in [0.29, 0.717) is 5.75 Å². The molecule has 0 aliphatic rings. The predicted octanol–water partition coefficient (Wildman–Crippen LogP) is 1.30. The van der Waals surface area contributed by atoms with E-state index in [1.807, 2.05) is 0 Å². The highest BCUT2D eigenvalue weighted by atomic mass is 19.1. The quantitative estimate of drug-likeness (QED) is 0.851. The van der Waals surface area contributed by atoms with Crippen LogP contribution in [0.3, 0.4) is 0 Å². The zero-order valence-corrected chi connectivity index (χ0v) is 9.05. The summed E-state index contributed by atoms with van der Waals surface area (Å²) in [6.07, 6.45) is 0. The molecule has 2 rings (SSSR count). The number of nitrogens with two attached hydrogens (primary N) is 1. The Balaban J connectivity index is 2.47. The molecule has 6 heteroatoms. The van der Waals surface area contributed by atoms with Crippen molar-refractivity contribution in [3.05, 3.63) is 41.8 Å². The Hall–Kier alpha value is -2.37. The fourth-order valence-electron chi connectivity index (χ4n) is 1.46. The van der Waals surface area contributed by atoms with Gasteiger partial charge >= 0.3 is 0 Å². The number of hydrogen-bond donors (Lipinski definition) is 1. The Labute approximate surface area is 96.6 Å². The van der Waals surface area contributed by atoms with Gasteiger partial charge < -0.3 is 10.5 Å².